The van der Waals surface area contributed by atoms with E-state index in [0.29, 0.717) is 6.54 Å². The van der Waals surface area contributed by atoms with Gasteiger partial charge in [0.1, 0.15) is 0 Å². The molecule has 0 bridgehead atoms. The van der Waals surface area contributed by atoms with Crippen LogP contribution in [0.25, 0.3) is 0 Å². The zero-order valence-electron chi connectivity index (χ0n) is 8.01. The highest BCUT2D eigenvalue weighted by atomic mass is 79.9. The Balaban J connectivity index is 2.51. The molecule has 14 heavy (non-hydrogen) atoms. The average Bonchev–Trinajstić information content (AvgIpc) is 2.10. The first kappa shape index (κ1) is 11.2. The Bertz CT molecular complexity index is 339. The highest BCUT2D eigenvalue weighted by Gasteiger charge is 1.98. The lowest BCUT2D eigenvalue weighted by Gasteiger charge is -2.04. The fourth-order valence-corrected chi connectivity index (χ4v) is 1.50. The van der Waals surface area contributed by atoms with Crippen LogP contribution in [0.4, 0.5) is 0 Å². The summed E-state index contributed by atoms with van der Waals surface area (Å²) in [6.45, 7) is 2.90. The molecule has 0 heterocycles. The number of benzene rings is 1. The number of rotatable bonds is 4. The minimum absolute atomic E-state index is 0.214. The highest BCUT2D eigenvalue weighted by molar-refractivity contribution is 9.10. The SMILES string of the molecule is Cc1ccc(CNCC(N)=O)cc1Br. The van der Waals surface area contributed by atoms with Crippen LogP contribution in [0.2, 0.25) is 0 Å². The Hall–Kier alpha value is -0.870. The van der Waals surface area contributed by atoms with Crippen molar-refractivity contribution in [2.45, 2.75) is 13.5 Å². The first-order valence-electron chi connectivity index (χ1n) is 4.33. The average molecular weight is 257 g/mol. The van der Waals surface area contributed by atoms with E-state index in [1.807, 2.05) is 25.1 Å². The summed E-state index contributed by atoms with van der Waals surface area (Å²) in [5.74, 6) is -0.337. The summed E-state index contributed by atoms with van der Waals surface area (Å²) >= 11 is 3.45. The van der Waals surface area contributed by atoms with Crippen LogP contribution in [0.5, 0.6) is 0 Å². The number of aryl methyl sites for hydroxylation is 1. The van der Waals surface area contributed by atoms with Gasteiger partial charge in [0.25, 0.3) is 0 Å². The second kappa shape index (κ2) is 5.12. The number of hydrogen-bond acceptors (Lipinski definition) is 2. The molecule has 0 saturated heterocycles. The topological polar surface area (TPSA) is 55.1 Å². The van der Waals surface area contributed by atoms with Crippen molar-refractivity contribution in [1.29, 1.82) is 0 Å². The third-order valence-electron chi connectivity index (χ3n) is 1.86. The van der Waals surface area contributed by atoms with Crippen LogP contribution >= 0.6 is 15.9 Å². The summed E-state index contributed by atoms with van der Waals surface area (Å²) in [5.41, 5.74) is 7.33. The van der Waals surface area contributed by atoms with Crippen LogP contribution in [0.1, 0.15) is 11.1 Å². The van der Waals surface area contributed by atoms with Gasteiger partial charge in [-0.15, -0.1) is 0 Å². The second-order valence-corrected chi connectivity index (χ2v) is 4.01. The Labute approximate surface area is 91.8 Å². The zero-order chi connectivity index (χ0) is 10.6. The standard InChI is InChI=1S/C10H13BrN2O/c1-7-2-3-8(4-9(7)11)5-13-6-10(12)14/h2-4,13H,5-6H2,1H3,(H2,12,14). The Morgan fingerprint density at radius 3 is 2.86 bits per heavy atom. The van der Waals surface area contributed by atoms with Crippen molar-refractivity contribution in [3.63, 3.8) is 0 Å². The van der Waals surface area contributed by atoms with Gasteiger partial charge in [-0.2, -0.15) is 0 Å². The third-order valence-corrected chi connectivity index (χ3v) is 2.72. The maximum atomic E-state index is 10.5. The predicted octanol–water partition coefficient (Wildman–Crippen LogP) is 1.33. The number of nitrogens with two attached hydrogens (primary N) is 1. The molecule has 1 rings (SSSR count). The molecule has 0 aliphatic heterocycles. The number of carbonyl (C=O) groups is 1. The molecule has 0 aliphatic rings. The molecule has 3 N–H and O–H groups in total. The molecule has 0 aromatic heterocycles. The predicted molar refractivity (Wildman–Crippen MR) is 59.8 cm³/mol. The smallest absolute Gasteiger partial charge is 0.231 e. The highest BCUT2D eigenvalue weighted by Crippen LogP contribution is 2.17. The quantitative estimate of drug-likeness (QED) is 0.855. The number of hydrogen-bond donors (Lipinski definition) is 2. The molecule has 1 amide bonds. The van der Waals surface area contributed by atoms with Gasteiger partial charge < -0.3 is 11.1 Å². The van der Waals surface area contributed by atoms with E-state index in [0.717, 1.165) is 10.0 Å². The largest absolute Gasteiger partial charge is 0.369 e. The molecule has 1 aromatic rings. The maximum Gasteiger partial charge on any atom is 0.231 e. The van der Waals surface area contributed by atoms with Crippen molar-refractivity contribution in [2.24, 2.45) is 5.73 Å². The molecule has 4 heteroatoms. The Morgan fingerprint density at radius 2 is 2.29 bits per heavy atom. The number of amides is 1. The molecule has 0 unspecified atom stereocenters. The first-order valence-corrected chi connectivity index (χ1v) is 5.13. The lowest BCUT2D eigenvalue weighted by molar-refractivity contribution is -0.117. The third kappa shape index (κ3) is 3.47. The normalized spacial score (nSPS) is 10.1. The summed E-state index contributed by atoms with van der Waals surface area (Å²) in [6.07, 6.45) is 0. The summed E-state index contributed by atoms with van der Waals surface area (Å²) in [7, 11) is 0. The Morgan fingerprint density at radius 1 is 1.57 bits per heavy atom. The molecule has 0 radical (unpaired) electrons. The van der Waals surface area contributed by atoms with E-state index < -0.39 is 0 Å². The molecule has 0 saturated carbocycles. The van der Waals surface area contributed by atoms with Gasteiger partial charge in [-0.3, -0.25) is 4.79 Å². The molecule has 76 valence electrons. The number of halogens is 1. The molecule has 1 aromatic carbocycles. The van der Waals surface area contributed by atoms with Crippen LogP contribution in [-0.4, -0.2) is 12.5 Å². The molecule has 0 aliphatic carbocycles. The van der Waals surface area contributed by atoms with E-state index in [1.165, 1.54) is 5.56 Å². The summed E-state index contributed by atoms with van der Waals surface area (Å²) in [4.78, 5) is 10.5. The second-order valence-electron chi connectivity index (χ2n) is 3.15. The zero-order valence-corrected chi connectivity index (χ0v) is 9.60. The summed E-state index contributed by atoms with van der Waals surface area (Å²) in [6, 6.07) is 6.09. The molecular formula is C10H13BrN2O. The van der Waals surface area contributed by atoms with E-state index >= 15 is 0 Å². The van der Waals surface area contributed by atoms with Crippen LogP contribution in [0.3, 0.4) is 0 Å². The maximum absolute atomic E-state index is 10.5. The van der Waals surface area contributed by atoms with Gasteiger partial charge in [-0.1, -0.05) is 28.1 Å². The fraction of sp³-hybridized carbons (Fsp3) is 0.300. The van der Waals surface area contributed by atoms with Gasteiger partial charge in [0, 0.05) is 11.0 Å². The van der Waals surface area contributed by atoms with Crippen LogP contribution in [-0.2, 0) is 11.3 Å². The van der Waals surface area contributed by atoms with Crippen molar-refractivity contribution in [1.82, 2.24) is 5.32 Å². The molecule has 3 nitrogen and oxygen atoms in total. The molecule has 0 atom stereocenters. The number of nitrogens with one attached hydrogen (secondary N) is 1. The molecular weight excluding hydrogens is 244 g/mol. The number of carbonyl (C=O) groups excluding carboxylic acids is 1. The van der Waals surface area contributed by atoms with Gasteiger partial charge in [-0.25, -0.2) is 0 Å². The lowest BCUT2D eigenvalue weighted by atomic mass is 10.1. The van der Waals surface area contributed by atoms with Crippen molar-refractivity contribution >= 4 is 21.8 Å². The Kier molecular flexibility index (Phi) is 4.10. The fourth-order valence-electron chi connectivity index (χ4n) is 1.08. The molecule has 0 fully saturated rings. The monoisotopic (exact) mass is 256 g/mol. The van der Waals surface area contributed by atoms with Gasteiger partial charge in [0.05, 0.1) is 6.54 Å². The van der Waals surface area contributed by atoms with Crippen molar-refractivity contribution in [3.05, 3.63) is 33.8 Å². The first-order chi connectivity index (χ1) is 6.59. The minimum Gasteiger partial charge on any atom is -0.369 e. The lowest BCUT2D eigenvalue weighted by Crippen LogP contribution is -2.28. The number of primary amides is 1. The van der Waals surface area contributed by atoms with Gasteiger partial charge in [0.2, 0.25) is 5.91 Å². The van der Waals surface area contributed by atoms with E-state index in [4.69, 9.17) is 5.73 Å². The van der Waals surface area contributed by atoms with E-state index in [2.05, 4.69) is 21.2 Å². The van der Waals surface area contributed by atoms with Crippen molar-refractivity contribution < 1.29 is 4.79 Å². The minimum atomic E-state index is -0.337. The van der Waals surface area contributed by atoms with Gasteiger partial charge in [0.15, 0.2) is 0 Å². The van der Waals surface area contributed by atoms with Crippen LogP contribution in [0.15, 0.2) is 22.7 Å². The van der Waals surface area contributed by atoms with E-state index in [1.54, 1.807) is 0 Å². The van der Waals surface area contributed by atoms with Gasteiger partial charge >= 0.3 is 0 Å². The van der Waals surface area contributed by atoms with Crippen LogP contribution < -0.4 is 11.1 Å². The van der Waals surface area contributed by atoms with Crippen LogP contribution in [0, 0.1) is 6.92 Å². The van der Waals surface area contributed by atoms with Crippen molar-refractivity contribution in [2.75, 3.05) is 6.54 Å². The molecule has 0 spiro atoms. The summed E-state index contributed by atoms with van der Waals surface area (Å²) in [5, 5.41) is 2.95. The van der Waals surface area contributed by atoms with Gasteiger partial charge in [-0.05, 0) is 24.1 Å². The van der Waals surface area contributed by atoms with Crippen molar-refractivity contribution in [3.8, 4) is 0 Å². The van der Waals surface area contributed by atoms with E-state index in [-0.39, 0.29) is 12.5 Å². The summed E-state index contributed by atoms with van der Waals surface area (Å²) < 4.78 is 1.08. The van der Waals surface area contributed by atoms with E-state index in [9.17, 15) is 4.79 Å².